The molecule has 0 aliphatic heterocycles. The smallest absolute Gasteiger partial charge is 0.343 e. The molecule has 2 aromatic rings. The molecule has 1 amide bonds. The van der Waals surface area contributed by atoms with Crippen LogP contribution in [-0.2, 0) is 24.8 Å². The minimum Gasteiger partial charge on any atom is -0.343 e. The Bertz CT molecular complexity index is 775. The van der Waals surface area contributed by atoms with Crippen molar-refractivity contribution in [3.63, 3.8) is 0 Å². The molecule has 1 atom stereocenters. The maximum atomic E-state index is 12.4. The molecule has 2 aromatic heterocycles. The Labute approximate surface area is 138 Å². The van der Waals surface area contributed by atoms with Gasteiger partial charge in [0.25, 0.3) is 0 Å². The highest BCUT2D eigenvalue weighted by Gasteiger charge is 2.26. The summed E-state index contributed by atoms with van der Waals surface area (Å²) in [6, 6.07) is 0. The second-order valence-corrected chi connectivity index (χ2v) is 7.37. The lowest BCUT2D eigenvalue weighted by Crippen LogP contribution is -2.37. The molecule has 0 radical (unpaired) electrons. The molecule has 1 aliphatic rings. The minimum absolute atomic E-state index is 0.0220. The number of nitrogens with zero attached hydrogens (tertiary/aromatic N) is 5. The topological polar surface area (TPSA) is 73.0 Å². The Balaban J connectivity index is 1.67. The highest BCUT2D eigenvalue weighted by molar-refractivity contribution is 7.11. The number of carbonyl (C=O) groups is 1. The second-order valence-electron chi connectivity index (χ2n) is 6.09. The maximum Gasteiger partial charge on any atom is 0.345 e. The number of rotatable bonds is 4. The van der Waals surface area contributed by atoms with Crippen LogP contribution in [-0.4, -0.2) is 43.7 Å². The summed E-state index contributed by atoms with van der Waals surface area (Å²) < 4.78 is 2.55. The molecule has 1 aliphatic carbocycles. The first kappa shape index (κ1) is 15.9. The van der Waals surface area contributed by atoms with Crippen molar-refractivity contribution in [1.82, 2.24) is 24.2 Å². The molecule has 7 nitrogen and oxygen atoms in total. The van der Waals surface area contributed by atoms with E-state index in [-0.39, 0.29) is 24.1 Å². The van der Waals surface area contributed by atoms with Gasteiger partial charge in [0.15, 0.2) is 0 Å². The van der Waals surface area contributed by atoms with E-state index in [1.54, 1.807) is 30.3 Å². The Kier molecular flexibility index (Phi) is 4.34. The molecule has 23 heavy (non-hydrogen) atoms. The van der Waals surface area contributed by atoms with E-state index >= 15 is 0 Å². The predicted molar refractivity (Wildman–Crippen MR) is 87.6 cm³/mol. The molecule has 0 saturated carbocycles. The number of hydrogen-bond donors (Lipinski definition) is 0. The highest BCUT2D eigenvalue weighted by atomic mass is 32.1. The van der Waals surface area contributed by atoms with Gasteiger partial charge in [-0.05, 0) is 26.2 Å². The first-order valence-electron chi connectivity index (χ1n) is 7.74. The molecule has 2 heterocycles. The van der Waals surface area contributed by atoms with Gasteiger partial charge in [0.05, 0.1) is 10.7 Å². The van der Waals surface area contributed by atoms with Gasteiger partial charge in [-0.15, -0.1) is 11.3 Å². The van der Waals surface area contributed by atoms with Gasteiger partial charge in [0.2, 0.25) is 5.91 Å². The quantitative estimate of drug-likeness (QED) is 0.833. The molecule has 8 heteroatoms. The summed E-state index contributed by atoms with van der Waals surface area (Å²) in [6.07, 6.45) is 4.71. The minimum atomic E-state index is -0.276. The summed E-state index contributed by atoms with van der Waals surface area (Å²) >= 11 is 1.76. The zero-order valence-corrected chi connectivity index (χ0v) is 14.5. The number of hydrogen-bond acceptors (Lipinski definition) is 5. The lowest BCUT2D eigenvalue weighted by molar-refractivity contribution is -0.131. The van der Waals surface area contributed by atoms with Crippen molar-refractivity contribution in [1.29, 1.82) is 0 Å². The van der Waals surface area contributed by atoms with Gasteiger partial charge >= 0.3 is 5.69 Å². The third-order valence-electron chi connectivity index (χ3n) is 4.27. The molecule has 0 bridgehead atoms. The third kappa shape index (κ3) is 3.21. The van der Waals surface area contributed by atoms with E-state index in [4.69, 9.17) is 0 Å². The van der Waals surface area contributed by atoms with Gasteiger partial charge in [0.1, 0.15) is 12.9 Å². The largest absolute Gasteiger partial charge is 0.345 e. The Morgan fingerprint density at radius 3 is 3.00 bits per heavy atom. The Hall–Kier alpha value is -1.96. The van der Waals surface area contributed by atoms with E-state index in [0.29, 0.717) is 6.54 Å². The number of thiazole rings is 1. The molecule has 0 fully saturated rings. The number of aryl methyl sites for hydroxylation is 3. The average molecular weight is 335 g/mol. The van der Waals surface area contributed by atoms with Gasteiger partial charge in [-0.2, -0.15) is 5.10 Å². The van der Waals surface area contributed by atoms with Crippen LogP contribution in [0.15, 0.2) is 11.1 Å². The van der Waals surface area contributed by atoms with Crippen LogP contribution in [0.5, 0.6) is 0 Å². The van der Waals surface area contributed by atoms with E-state index in [1.165, 1.54) is 20.5 Å². The van der Waals surface area contributed by atoms with Gasteiger partial charge in [-0.25, -0.2) is 14.5 Å². The highest BCUT2D eigenvalue weighted by Crippen LogP contribution is 2.34. The molecule has 3 rings (SSSR count). The van der Waals surface area contributed by atoms with Crippen LogP contribution in [0.25, 0.3) is 0 Å². The number of aromatic nitrogens is 4. The summed E-state index contributed by atoms with van der Waals surface area (Å²) in [5.41, 5.74) is 0.884. The number of likely N-dealkylation sites (N-methyl/N-ethyl adjacent to an activating group) is 1. The monoisotopic (exact) mass is 335 g/mol. The summed E-state index contributed by atoms with van der Waals surface area (Å²) in [5, 5.41) is 5.03. The molecule has 0 unspecified atom stereocenters. The van der Waals surface area contributed by atoms with Crippen LogP contribution in [0, 0.1) is 6.92 Å². The van der Waals surface area contributed by atoms with E-state index < -0.39 is 0 Å². The average Bonchev–Trinajstić information content (AvgIpc) is 3.04. The van der Waals surface area contributed by atoms with E-state index in [0.717, 1.165) is 30.0 Å². The number of amides is 1. The van der Waals surface area contributed by atoms with Crippen LogP contribution in [0.4, 0.5) is 0 Å². The molecule has 0 saturated heterocycles. The zero-order valence-electron chi connectivity index (χ0n) is 13.7. The zero-order chi connectivity index (χ0) is 16.6. The van der Waals surface area contributed by atoms with Crippen LogP contribution < -0.4 is 5.69 Å². The molecule has 124 valence electrons. The van der Waals surface area contributed by atoms with Crippen molar-refractivity contribution in [2.75, 3.05) is 13.6 Å². The van der Waals surface area contributed by atoms with E-state index in [9.17, 15) is 9.59 Å². The van der Waals surface area contributed by atoms with E-state index in [1.807, 2.05) is 6.92 Å². The number of fused-ring (bicyclic) bond motifs is 1. The van der Waals surface area contributed by atoms with Crippen molar-refractivity contribution < 1.29 is 4.79 Å². The first-order valence-corrected chi connectivity index (χ1v) is 8.56. The fraction of sp³-hybridized carbons (Fsp3) is 0.600. The van der Waals surface area contributed by atoms with Gasteiger partial charge in [-0.3, -0.25) is 9.36 Å². The third-order valence-corrected chi connectivity index (χ3v) is 5.32. The fourth-order valence-electron chi connectivity index (χ4n) is 3.02. The van der Waals surface area contributed by atoms with Crippen LogP contribution in [0.3, 0.4) is 0 Å². The van der Waals surface area contributed by atoms with Gasteiger partial charge < -0.3 is 4.90 Å². The van der Waals surface area contributed by atoms with Gasteiger partial charge in [0, 0.05) is 31.4 Å². The molecule has 0 N–H and O–H groups in total. The molecular formula is C15H21N5O2S. The van der Waals surface area contributed by atoms with Gasteiger partial charge in [-0.1, -0.05) is 0 Å². The normalized spacial score (nSPS) is 17.1. The van der Waals surface area contributed by atoms with E-state index in [2.05, 4.69) is 10.1 Å². The SMILES string of the molecule is Cc1nc2c(s1)CCC[C@@H]2CN(C)C(=O)Cn1ncn(C)c1=O. The summed E-state index contributed by atoms with van der Waals surface area (Å²) in [7, 11) is 3.40. The lowest BCUT2D eigenvalue weighted by atomic mass is 9.90. The van der Waals surface area contributed by atoms with Crippen LogP contribution >= 0.6 is 11.3 Å². The Morgan fingerprint density at radius 1 is 1.52 bits per heavy atom. The molecular weight excluding hydrogens is 314 g/mol. The van der Waals surface area contributed by atoms with Crippen molar-refractivity contribution in [3.8, 4) is 0 Å². The fourth-order valence-corrected chi connectivity index (χ4v) is 4.08. The van der Waals surface area contributed by atoms with Crippen molar-refractivity contribution in [2.45, 2.75) is 38.6 Å². The standard InChI is InChI=1S/C15H21N5O2S/c1-10-17-14-11(5-4-6-12(14)23-10)7-18(2)13(21)8-20-15(22)19(3)9-16-20/h9,11H,4-8H2,1-3H3/t11-/m1/s1. The van der Waals surface area contributed by atoms with Crippen molar-refractivity contribution >= 4 is 17.2 Å². The predicted octanol–water partition coefficient (Wildman–Crippen LogP) is 0.925. The summed E-state index contributed by atoms with van der Waals surface area (Å²) in [6.45, 7) is 2.64. The molecule has 0 aromatic carbocycles. The van der Waals surface area contributed by atoms with Crippen LogP contribution in [0.1, 0.15) is 34.3 Å². The summed E-state index contributed by atoms with van der Waals surface area (Å²) in [4.78, 5) is 31.8. The molecule has 0 spiro atoms. The number of carbonyl (C=O) groups excluding carboxylic acids is 1. The lowest BCUT2D eigenvalue weighted by Gasteiger charge is -2.26. The maximum absolute atomic E-state index is 12.4. The first-order chi connectivity index (χ1) is 11.0. The van der Waals surface area contributed by atoms with Crippen molar-refractivity contribution in [2.24, 2.45) is 7.05 Å². The Morgan fingerprint density at radius 2 is 2.30 bits per heavy atom. The van der Waals surface area contributed by atoms with Crippen LogP contribution in [0.2, 0.25) is 0 Å². The second kappa shape index (κ2) is 6.27. The summed E-state index contributed by atoms with van der Waals surface area (Å²) in [5.74, 6) is 0.183. The van der Waals surface area contributed by atoms with Crippen molar-refractivity contribution in [3.05, 3.63) is 32.4 Å².